The zero-order valence-electron chi connectivity index (χ0n) is 14.6. The highest BCUT2D eigenvalue weighted by atomic mass is 79.9. The highest BCUT2D eigenvalue weighted by Crippen LogP contribution is 2.44. The molecule has 0 saturated carbocycles. The van der Waals surface area contributed by atoms with Crippen LogP contribution < -0.4 is 0 Å². The number of halogens is 1. The van der Waals surface area contributed by atoms with E-state index in [1.165, 1.54) is 0 Å². The highest BCUT2D eigenvalue weighted by molar-refractivity contribution is 9.10. The monoisotopic (exact) mass is 394 g/mol. The molecule has 1 aromatic carbocycles. The third-order valence-electron chi connectivity index (χ3n) is 5.60. The van der Waals surface area contributed by atoms with Gasteiger partial charge in [0.05, 0.1) is 7.11 Å². The number of likely N-dealkylation sites (N-methyl/N-ethyl adjacent to an activating group) is 1. The van der Waals surface area contributed by atoms with E-state index in [0.717, 1.165) is 21.2 Å². The van der Waals surface area contributed by atoms with Gasteiger partial charge in [0.15, 0.2) is 5.78 Å². The zero-order valence-corrected chi connectivity index (χ0v) is 16.1. The summed E-state index contributed by atoms with van der Waals surface area (Å²) in [6.45, 7) is 5.24. The summed E-state index contributed by atoms with van der Waals surface area (Å²) in [5.41, 5.74) is 2.13. The van der Waals surface area contributed by atoms with Crippen molar-refractivity contribution >= 4 is 27.6 Å². The fraction of sp³-hybridized carbons (Fsp3) is 0.556. The molecular weight excluding hydrogens is 372 g/mol. The molecule has 1 unspecified atom stereocenters. The highest BCUT2D eigenvalue weighted by Gasteiger charge is 2.58. The minimum atomic E-state index is -0.692. The van der Waals surface area contributed by atoms with Gasteiger partial charge < -0.3 is 9.74 Å². The van der Waals surface area contributed by atoms with E-state index < -0.39 is 11.5 Å². The van der Waals surface area contributed by atoms with Gasteiger partial charge in [-0.05, 0) is 55.5 Å². The minimum Gasteiger partial charge on any atom is -0.332 e. The second kappa shape index (κ2) is 6.24. The van der Waals surface area contributed by atoms with Crippen molar-refractivity contribution < 1.29 is 14.4 Å². The Kier molecular flexibility index (Phi) is 4.57. The molecule has 24 heavy (non-hydrogen) atoms. The summed E-state index contributed by atoms with van der Waals surface area (Å²) in [5.74, 6) is -0.726. The predicted molar refractivity (Wildman–Crippen MR) is 94.7 cm³/mol. The van der Waals surface area contributed by atoms with E-state index in [0.29, 0.717) is 25.9 Å². The molecular formula is C18H23BrN2O3. The quantitative estimate of drug-likeness (QED) is 0.723. The molecule has 1 spiro atoms. The van der Waals surface area contributed by atoms with Crippen LogP contribution in [0.3, 0.4) is 0 Å². The van der Waals surface area contributed by atoms with Gasteiger partial charge in [0.2, 0.25) is 5.91 Å². The number of benzene rings is 1. The Bertz CT molecular complexity index is 672. The van der Waals surface area contributed by atoms with Crippen LogP contribution in [0.5, 0.6) is 0 Å². The number of hydroxylamine groups is 2. The number of carbonyl (C=O) groups is 2. The molecule has 1 aromatic rings. The summed E-state index contributed by atoms with van der Waals surface area (Å²) in [5, 5.41) is 1.85. The maximum atomic E-state index is 13.4. The number of Topliss-reactive ketones (excluding diaryl/α,β-unsaturated/α-hetero) is 1. The summed E-state index contributed by atoms with van der Waals surface area (Å²) in [7, 11) is 3.41. The molecule has 2 aliphatic rings. The van der Waals surface area contributed by atoms with Crippen molar-refractivity contribution in [2.24, 2.45) is 0 Å². The van der Waals surface area contributed by atoms with Gasteiger partial charge >= 0.3 is 0 Å². The lowest BCUT2D eigenvalue weighted by molar-refractivity contribution is -0.165. The Morgan fingerprint density at radius 2 is 1.71 bits per heavy atom. The second-order valence-corrected chi connectivity index (χ2v) is 7.71. The van der Waals surface area contributed by atoms with Gasteiger partial charge in [-0.3, -0.25) is 9.59 Å². The largest absolute Gasteiger partial charge is 0.332 e. The van der Waals surface area contributed by atoms with E-state index in [4.69, 9.17) is 4.84 Å². The lowest BCUT2D eigenvalue weighted by Gasteiger charge is -2.41. The SMILES string of the molecule is CON1CCC2(CC1)C(=O)C(c1c(C)cc(Br)cc1C)C(=O)N2C. The maximum Gasteiger partial charge on any atom is 0.238 e. The van der Waals surface area contributed by atoms with E-state index in [-0.39, 0.29) is 11.7 Å². The van der Waals surface area contributed by atoms with Gasteiger partial charge in [-0.1, -0.05) is 15.9 Å². The number of hydrogen-bond acceptors (Lipinski definition) is 4. The molecule has 2 aliphatic heterocycles. The second-order valence-electron chi connectivity index (χ2n) is 6.79. The molecule has 2 fully saturated rings. The van der Waals surface area contributed by atoms with Crippen LogP contribution in [-0.2, 0) is 14.4 Å². The van der Waals surface area contributed by atoms with Crippen LogP contribution in [0.1, 0.15) is 35.4 Å². The van der Waals surface area contributed by atoms with Crippen LogP contribution in [0.15, 0.2) is 16.6 Å². The van der Waals surface area contributed by atoms with Crippen molar-refractivity contribution in [3.63, 3.8) is 0 Å². The van der Waals surface area contributed by atoms with E-state index in [2.05, 4.69) is 15.9 Å². The number of amides is 1. The number of ketones is 1. The Hall–Kier alpha value is -1.24. The summed E-state index contributed by atoms with van der Waals surface area (Å²) in [6, 6.07) is 3.95. The average Bonchev–Trinajstić information content (AvgIpc) is 2.71. The Morgan fingerprint density at radius 3 is 2.21 bits per heavy atom. The topological polar surface area (TPSA) is 49.9 Å². The Labute approximate surface area is 151 Å². The fourth-order valence-corrected chi connectivity index (χ4v) is 4.89. The molecule has 0 N–H and O–H groups in total. The van der Waals surface area contributed by atoms with Gasteiger partial charge in [-0.25, -0.2) is 0 Å². The van der Waals surface area contributed by atoms with Crippen LogP contribution in [0.25, 0.3) is 0 Å². The van der Waals surface area contributed by atoms with Gasteiger partial charge in [-0.15, -0.1) is 0 Å². The van der Waals surface area contributed by atoms with Crippen LogP contribution in [-0.4, -0.2) is 54.4 Å². The molecule has 0 radical (unpaired) electrons. The molecule has 2 heterocycles. The number of likely N-dealkylation sites (tertiary alicyclic amines) is 1. The van der Waals surface area contributed by atoms with Crippen LogP contribution >= 0.6 is 15.9 Å². The number of aryl methyl sites for hydroxylation is 2. The Morgan fingerprint density at radius 1 is 1.17 bits per heavy atom. The number of carbonyl (C=O) groups excluding carboxylic acids is 2. The Balaban J connectivity index is 2.01. The van der Waals surface area contributed by atoms with Crippen LogP contribution in [0.2, 0.25) is 0 Å². The first-order valence-electron chi connectivity index (χ1n) is 8.19. The number of piperidine rings is 1. The summed E-state index contributed by atoms with van der Waals surface area (Å²) in [4.78, 5) is 33.3. The van der Waals surface area contributed by atoms with Crippen LogP contribution in [0, 0.1) is 13.8 Å². The lowest BCUT2D eigenvalue weighted by Crippen LogP contribution is -2.54. The number of nitrogens with zero attached hydrogens (tertiary/aromatic N) is 2. The summed E-state index contributed by atoms with van der Waals surface area (Å²) in [6.07, 6.45) is 1.24. The molecule has 3 rings (SSSR count). The van der Waals surface area contributed by atoms with Crippen molar-refractivity contribution in [3.8, 4) is 0 Å². The molecule has 0 aliphatic carbocycles. The molecule has 6 heteroatoms. The first kappa shape index (κ1) is 17.6. The fourth-order valence-electron chi connectivity index (χ4n) is 4.20. The molecule has 130 valence electrons. The smallest absolute Gasteiger partial charge is 0.238 e. The minimum absolute atomic E-state index is 0.0410. The maximum absolute atomic E-state index is 13.4. The van der Waals surface area contributed by atoms with E-state index in [1.54, 1.807) is 19.1 Å². The molecule has 5 nitrogen and oxygen atoms in total. The first-order chi connectivity index (χ1) is 11.3. The summed E-state index contributed by atoms with van der Waals surface area (Å²) < 4.78 is 0.968. The van der Waals surface area contributed by atoms with E-state index >= 15 is 0 Å². The zero-order chi connectivity index (χ0) is 17.6. The van der Waals surface area contributed by atoms with Crippen molar-refractivity contribution in [2.45, 2.75) is 38.1 Å². The summed E-state index contributed by atoms with van der Waals surface area (Å²) >= 11 is 3.48. The third-order valence-corrected chi connectivity index (χ3v) is 6.05. The standard InChI is InChI=1S/C18H23BrN2O3/c1-11-9-13(19)10-12(2)14(11)15-16(22)18(20(3)17(15)23)5-7-21(24-4)8-6-18/h9-10,15H,5-8H2,1-4H3. The van der Waals surface area contributed by atoms with Crippen molar-refractivity contribution in [2.75, 3.05) is 27.2 Å². The van der Waals surface area contributed by atoms with Gasteiger partial charge in [0.1, 0.15) is 11.5 Å². The van der Waals surface area contributed by atoms with E-state index in [1.807, 2.05) is 31.0 Å². The molecule has 1 amide bonds. The average molecular weight is 395 g/mol. The normalized spacial score (nSPS) is 24.2. The lowest BCUT2D eigenvalue weighted by atomic mass is 9.79. The predicted octanol–water partition coefficient (Wildman–Crippen LogP) is 2.59. The van der Waals surface area contributed by atoms with Gasteiger partial charge in [0, 0.05) is 24.6 Å². The van der Waals surface area contributed by atoms with Crippen molar-refractivity contribution in [1.29, 1.82) is 0 Å². The van der Waals surface area contributed by atoms with Crippen LogP contribution in [0.4, 0.5) is 0 Å². The third kappa shape index (κ3) is 2.52. The number of hydrogen-bond donors (Lipinski definition) is 0. The molecule has 2 saturated heterocycles. The van der Waals surface area contributed by atoms with E-state index in [9.17, 15) is 9.59 Å². The van der Waals surface area contributed by atoms with Crippen molar-refractivity contribution in [1.82, 2.24) is 9.96 Å². The van der Waals surface area contributed by atoms with Gasteiger partial charge in [-0.2, -0.15) is 5.06 Å². The molecule has 1 atom stereocenters. The molecule has 0 aromatic heterocycles. The molecule has 0 bridgehead atoms. The number of rotatable bonds is 2. The van der Waals surface area contributed by atoms with Gasteiger partial charge in [0.25, 0.3) is 0 Å². The van der Waals surface area contributed by atoms with Crippen molar-refractivity contribution in [3.05, 3.63) is 33.3 Å². The first-order valence-corrected chi connectivity index (χ1v) is 8.99.